The standard InChI is InChI=1S/C7H13N.HI/c1-7(2)5-3-8-4-6(5)7;/h5-6,8H,3-4H2,1-2H3;1H/t5-,6+;. The molecule has 2 fully saturated rings. The molecule has 0 aromatic heterocycles. The molecule has 0 amide bonds. The molecule has 2 heteroatoms. The van der Waals surface area contributed by atoms with E-state index in [0.717, 1.165) is 11.8 Å². The fraction of sp³-hybridized carbons (Fsp3) is 1.00. The van der Waals surface area contributed by atoms with Crippen molar-refractivity contribution in [3.63, 3.8) is 0 Å². The zero-order valence-electron chi connectivity index (χ0n) is 5.98. The van der Waals surface area contributed by atoms with E-state index in [1.807, 2.05) is 0 Å². The minimum atomic E-state index is 0. The Bertz CT molecular complexity index is 110. The summed E-state index contributed by atoms with van der Waals surface area (Å²) in [4.78, 5) is 0. The molecule has 1 aliphatic heterocycles. The predicted molar refractivity (Wildman–Crippen MR) is 49.0 cm³/mol. The van der Waals surface area contributed by atoms with E-state index in [1.165, 1.54) is 13.1 Å². The molecule has 0 aromatic carbocycles. The Balaban J connectivity index is 0.000000405. The number of hydrogen-bond donors (Lipinski definition) is 1. The number of hydrogen-bond acceptors (Lipinski definition) is 1. The van der Waals surface area contributed by atoms with E-state index in [4.69, 9.17) is 0 Å². The SMILES string of the molecule is CC1(C)[C@@H]2CNC[C@@H]21.I. The lowest BCUT2D eigenvalue weighted by Gasteiger charge is -2.06. The molecule has 0 unspecified atom stereocenters. The van der Waals surface area contributed by atoms with Crippen molar-refractivity contribution in [3.8, 4) is 0 Å². The Hall–Kier alpha value is 0.690. The summed E-state index contributed by atoms with van der Waals surface area (Å²) in [7, 11) is 0. The number of rotatable bonds is 0. The van der Waals surface area contributed by atoms with Crippen molar-refractivity contribution in [2.24, 2.45) is 17.3 Å². The van der Waals surface area contributed by atoms with Crippen LogP contribution in [0.3, 0.4) is 0 Å². The maximum atomic E-state index is 3.38. The van der Waals surface area contributed by atoms with Crippen LogP contribution >= 0.6 is 24.0 Å². The molecule has 2 aliphatic rings. The summed E-state index contributed by atoms with van der Waals surface area (Å²) in [6, 6.07) is 0. The molecular formula is C7H14IN. The molecular weight excluding hydrogens is 225 g/mol. The van der Waals surface area contributed by atoms with Gasteiger partial charge < -0.3 is 5.32 Å². The summed E-state index contributed by atoms with van der Waals surface area (Å²) < 4.78 is 0. The normalized spacial score (nSPS) is 43.3. The molecule has 1 saturated carbocycles. The number of fused-ring (bicyclic) bond motifs is 1. The van der Waals surface area contributed by atoms with Gasteiger partial charge in [0.1, 0.15) is 0 Å². The molecule has 1 aliphatic carbocycles. The molecule has 9 heavy (non-hydrogen) atoms. The second-order valence-corrected chi connectivity index (χ2v) is 3.69. The Morgan fingerprint density at radius 2 is 1.67 bits per heavy atom. The van der Waals surface area contributed by atoms with Gasteiger partial charge in [0.15, 0.2) is 0 Å². The Morgan fingerprint density at radius 1 is 1.22 bits per heavy atom. The Morgan fingerprint density at radius 3 is 1.89 bits per heavy atom. The maximum absolute atomic E-state index is 3.38. The molecule has 0 bridgehead atoms. The van der Waals surface area contributed by atoms with Crippen molar-refractivity contribution in [1.29, 1.82) is 0 Å². The lowest BCUT2D eigenvalue weighted by molar-refractivity contribution is 0.475. The second-order valence-electron chi connectivity index (χ2n) is 3.69. The summed E-state index contributed by atoms with van der Waals surface area (Å²) in [6.07, 6.45) is 0. The first-order valence-electron chi connectivity index (χ1n) is 3.43. The van der Waals surface area contributed by atoms with Gasteiger partial charge in [0.25, 0.3) is 0 Å². The van der Waals surface area contributed by atoms with Gasteiger partial charge in [-0.25, -0.2) is 0 Å². The van der Waals surface area contributed by atoms with Crippen LogP contribution in [0.1, 0.15) is 13.8 Å². The first-order valence-corrected chi connectivity index (χ1v) is 3.43. The van der Waals surface area contributed by atoms with E-state index >= 15 is 0 Å². The van der Waals surface area contributed by atoms with Crippen LogP contribution in [0.4, 0.5) is 0 Å². The topological polar surface area (TPSA) is 12.0 Å². The highest BCUT2D eigenvalue weighted by molar-refractivity contribution is 14.0. The first-order chi connectivity index (χ1) is 3.73. The summed E-state index contributed by atoms with van der Waals surface area (Å²) >= 11 is 0. The third kappa shape index (κ3) is 0.909. The van der Waals surface area contributed by atoms with Crippen molar-refractivity contribution < 1.29 is 0 Å². The molecule has 54 valence electrons. The smallest absolute Gasteiger partial charge is 0.00118 e. The van der Waals surface area contributed by atoms with Crippen LogP contribution in [0, 0.1) is 17.3 Å². The third-order valence-electron chi connectivity index (χ3n) is 3.02. The molecule has 1 saturated heterocycles. The van der Waals surface area contributed by atoms with Crippen molar-refractivity contribution in [2.75, 3.05) is 13.1 Å². The van der Waals surface area contributed by atoms with Gasteiger partial charge in [-0.05, 0) is 30.3 Å². The summed E-state index contributed by atoms with van der Waals surface area (Å²) in [5.74, 6) is 2.03. The molecule has 1 heterocycles. The van der Waals surface area contributed by atoms with Crippen LogP contribution in [0.2, 0.25) is 0 Å². The van der Waals surface area contributed by atoms with Crippen molar-refractivity contribution in [1.82, 2.24) is 5.32 Å². The lowest BCUT2D eigenvalue weighted by Crippen LogP contribution is -2.17. The van der Waals surface area contributed by atoms with Crippen LogP contribution in [0.15, 0.2) is 0 Å². The number of piperidine rings is 1. The van der Waals surface area contributed by atoms with Gasteiger partial charge in [-0.2, -0.15) is 0 Å². The monoisotopic (exact) mass is 239 g/mol. The summed E-state index contributed by atoms with van der Waals surface area (Å²) in [6.45, 7) is 7.31. The minimum Gasteiger partial charge on any atom is -0.316 e. The minimum absolute atomic E-state index is 0. The highest BCUT2D eigenvalue weighted by Gasteiger charge is 2.59. The molecule has 0 aromatic rings. The van der Waals surface area contributed by atoms with Gasteiger partial charge >= 0.3 is 0 Å². The van der Waals surface area contributed by atoms with Crippen molar-refractivity contribution >= 4 is 24.0 Å². The van der Waals surface area contributed by atoms with E-state index < -0.39 is 0 Å². The molecule has 2 atom stereocenters. The molecule has 2 rings (SSSR count). The molecule has 1 nitrogen and oxygen atoms in total. The third-order valence-corrected chi connectivity index (χ3v) is 3.02. The van der Waals surface area contributed by atoms with E-state index in [1.54, 1.807) is 0 Å². The average Bonchev–Trinajstić information content (AvgIpc) is 2.22. The van der Waals surface area contributed by atoms with Crippen LogP contribution in [0.25, 0.3) is 0 Å². The Labute approximate surface area is 73.6 Å². The fourth-order valence-corrected chi connectivity index (χ4v) is 2.06. The van der Waals surface area contributed by atoms with E-state index in [9.17, 15) is 0 Å². The van der Waals surface area contributed by atoms with E-state index in [2.05, 4.69) is 19.2 Å². The second kappa shape index (κ2) is 2.09. The molecule has 0 spiro atoms. The quantitative estimate of drug-likeness (QED) is 0.631. The lowest BCUT2D eigenvalue weighted by atomic mass is 10.1. The van der Waals surface area contributed by atoms with Gasteiger partial charge in [-0.1, -0.05) is 13.8 Å². The highest BCUT2D eigenvalue weighted by Crippen LogP contribution is 2.59. The summed E-state index contributed by atoms with van der Waals surface area (Å²) in [5, 5.41) is 3.38. The zero-order chi connectivity index (χ0) is 5.78. The van der Waals surface area contributed by atoms with Crippen LogP contribution in [-0.4, -0.2) is 13.1 Å². The van der Waals surface area contributed by atoms with E-state index in [-0.39, 0.29) is 24.0 Å². The number of nitrogens with one attached hydrogen (secondary N) is 1. The molecule has 1 N–H and O–H groups in total. The predicted octanol–water partition coefficient (Wildman–Crippen LogP) is 1.48. The Kier molecular flexibility index (Phi) is 1.81. The highest BCUT2D eigenvalue weighted by atomic mass is 127. The van der Waals surface area contributed by atoms with Crippen LogP contribution < -0.4 is 5.32 Å². The first kappa shape index (κ1) is 7.79. The van der Waals surface area contributed by atoms with Crippen LogP contribution in [-0.2, 0) is 0 Å². The van der Waals surface area contributed by atoms with Gasteiger partial charge in [0, 0.05) is 0 Å². The van der Waals surface area contributed by atoms with Crippen LogP contribution in [0.5, 0.6) is 0 Å². The number of halogens is 1. The van der Waals surface area contributed by atoms with Crippen molar-refractivity contribution in [3.05, 3.63) is 0 Å². The van der Waals surface area contributed by atoms with Gasteiger partial charge in [-0.3, -0.25) is 0 Å². The average molecular weight is 239 g/mol. The van der Waals surface area contributed by atoms with E-state index in [0.29, 0.717) is 5.41 Å². The largest absolute Gasteiger partial charge is 0.316 e. The van der Waals surface area contributed by atoms with Gasteiger partial charge in [0.05, 0.1) is 0 Å². The molecule has 0 radical (unpaired) electrons. The van der Waals surface area contributed by atoms with Gasteiger partial charge in [-0.15, -0.1) is 24.0 Å². The fourth-order valence-electron chi connectivity index (χ4n) is 2.06. The maximum Gasteiger partial charge on any atom is -0.00118 e. The van der Waals surface area contributed by atoms with Gasteiger partial charge in [0.2, 0.25) is 0 Å². The van der Waals surface area contributed by atoms with Crippen molar-refractivity contribution in [2.45, 2.75) is 13.8 Å². The summed E-state index contributed by atoms with van der Waals surface area (Å²) in [5.41, 5.74) is 0.700. The zero-order valence-corrected chi connectivity index (χ0v) is 8.31.